The van der Waals surface area contributed by atoms with Crippen LogP contribution in [-0.2, 0) is 0 Å². The van der Waals surface area contributed by atoms with Gasteiger partial charge in [-0.05, 0) is 113 Å². The highest BCUT2D eigenvalue weighted by Gasteiger charge is 2.27. The SMILES string of the molecule is C[Si](C)(/C=C(\c1ccc(/C(=C\[Si](C)(C)c2ccccn2)c2cc3ccccc3c3ccccc23)cc1)c1cc2ccccc2c2ccccc12)c1ccccn1. The molecule has 0 radical (unpaired) electrons. The van der Waals surface area contributed by atoms with E-state index in [1.165, 1.54) is 87.1 Å². The van der Waals surface area contributed by atoms with Crippen LogP contribution in [0.1, 0.15) is 22.3 Å². The van der Waals surface area contributed by atoms with E-state index >= 15 is 0 Å². The highest BCUT2D eigenvalue weighted by Crippen LogP contribution is 2.39. The van der Waals surface area contributed by atoms with Crippen molar-refractivity contribution in [3.8, 4) is 0 Å². The first kappa shape index (κ1) is 35.5. The van der Waals surface area contributed by atoms with Crippen LogP contribution in [-0.4, -0.2) is 26.1 Å². The third kappa shape index (κ3) is 6.61. The molecule has 56 heavy (non-hydrogen) atoms. The van der Waals surface area contributed by atoms with Gasteiger partial charge in [-0.2, -0.15) is 0 Å². The van der Waals surface area contributed by atoms with Gasteiger partial charge in [0.2, 0.25) is 0 Å². The molecule has 9 rings (SSSR count). The molecule has 0 atom stereocenters. The minimum Gasteiger partial charge on any atom is -0.266 e. The average Bonchev–Trinajstić information content (AvgIpc) is 3.25. The standard InChI is InChI=1S/C52H44N2Si2/c1-55(2,51-25-13-15-31-53-51)35-49(47-33-39-17-5-7-19-41(39)43-21-9-11-23-45(43)47)37-27-29-38(30-28-37)50(36-56(3,4)52-26-14-16-32-54-52)48-34-40-18-6-8-20-42(40)44-22-10-12-24-46(44)48/h5-36H,1-4H3/b49-35+,50-36+. The van der Waals surface area contributed by atoms with Crippen molar-refractivity contribution in [2.24, 2.45) is 0 Å². The van der Waals surface area contributed by atoms with Crippen LogP contribution >= 0.6 is 0 Å². The summed E-state index contributed by atoms with van der Waals surface area (Å²) >= 11 is 0. The molecule has 0 unspecified atom stereocenters. The van der Waals surface area contributed by atoms with Crippen molar-refractivity contribution in [2.45, 2.75) is 26.2 Å². The first-order chi connectivity index (χ1) is 27.3. The summed E-state index contributed by atoms with van der Waals surface area (Å²) < 4.78 is 0. The Balaban J connectivity index is 1.27. The van der Waals surface area contributed by atoms with Crippen molar-refractivity contribution in [2.75, 3.05) is 0 Å². The van der Waals surface area contributed by atoms with Crippen molar-refractivity contribution in [3.63, 3.8) is 0 Å². The predicted octanol–water partition coefficient (Wildman–Crippen LogP) is 12.3. The van der Waals surface area contributed by atoms with Crippen LogP contribution in [0.4, 0.5) is 0 Å². The van der Waals surface area contributed by atoms with E-state index < -0.39 is 16.1 Å². The minimum atomic E-state index is -2.16. The predicted molar refractivity (Wildman–Crippen MR) is 246 cm³/mol. The summed E-state index contributed by atoms with van der Waals surface area (Å²) in [4.78, 5) is 9.78. The minimum absolute atomic E-state index is 1.18. The van der Waals surface area contributed by atoms with Gasteiger partial charge >= 0.3 is 0 Å². The second-order valence-electron chi connectivity index (χ2n) is 15.9. The molecule has 2 aromatic heterocycles. The first-order valence-corrected chi connectivity index (χ1v) is 25.6. The lowest BCUT2D eigenvalue weighted by atomic mass is 9.88. The summed E-state index contributed by atoms with van der Waals surface area (Å²) in [6, 6.07) is 62.1. The van der Waals surface area contributed by atoms with Crippen molar-refractivity contribution in [3.05, 3.63) is 216 Å². The summed E-state index contributed by atoms with van der Waals surface area (Å²) in [6.07, 6.45) is 3.86. The molecule has 270 valence electrons. The summed E-state index contributed by atoms with van der Waals surface area (Å²) in [6.45, 7) is 9.62. The lowest BCUT2D eigenvalue weighted by molar-refractivity contribution is 1.37. The molecule has 0 N–H and O–H groups in total. The number of hydrogen-bond acceptors (Lipinski definition) is 2. The van der Waals surface area contributed by atoms with E-state index in [1.54, 1.807) is 0 Å². The zero-order valence-corrected chi connectivity index (χ0v) is 34.4. The van der Waals surface area contributed by atoms with Crippen LogP contribution in [0.2, 0.25) is 26.2 Å². The summed E-state index contributed by atoms with van der Waals surface area (Å²) in [7, 11) is -4.33. The van der Waals surface area contributed by atoms with Gasteiger partial charge in [0, 0.05) is 23.0 Å². The zero-order chi connectivity index (χ0) is 38.3. The first-order valence-electron chi connectivity index (χ1n) is 19.5. The van der Waals surface area contributed by atoms with E-state index in [9.17, 15) is 0 Å². The molecule has 4 heteroatoms. The van der Waals surface area contributed by atoms with Crippen molar-refractivity contribution in [1.82, 2.24) is 9.97 Å². The van der Waals surface area contributed by atoms with Gasteiger partial charge in [0.05, 0.1) is 0 Å². The third-order valence-corrected chi connectivity index (χ3v) is 16.5. The second kappa shape index (κ2) is 14.5. The molecular formula is C52H44N2Si2. The molecule has 0 aliphatic rings. The molecule has 0 amide bonds. The molecule has 0 spiro atoms. The summed E-state index contributed by atoms with van der Waals surface area (Å²) in [5.41, 5.74) is 12.5. The summed E-state index contributed by atoms with van der Waals surface area (Å²) in [5.74, 6) is 0. The van der Waals surface area contributed by atoms with Crippen LogP contribution in [0.25, 0.3) is 54.2 Å². The maximum Gasteiger partial charge on any atom is 0.128 e. The molecule has 0 saturated heterocycles. The normalized spacial score (nSPS) is 12.9. The molecule has 0 fully saturated rings. The Labute approximate surface area is 331 Å². The fourth-order valence-corrected chi connectivity index (χ4v) is 12.6. The van der Waals surface area contributed by atoms with Gasteiger partial charge in [0.25, 0.3) is 0 Å². The lowest BCUT2D eigenvalue weighted by Crippen LogP contribution is -2.42. The van der Waals surface area contributed by atoms with Gasteiger partial charge in [0.1, 0.15) is 16.1 Å². The van der Waals surface area contributed by atoms with Gasteiger partial charge in [-0.1, -0.05) is 171 Å². The van der Waals surface area contributed by atoms with Crippen LogP contribution in [0.15, 0.2) is 194 Å². The van der Waals surface area contributed by atoms with Crippen molar-refractivity contribution < 1.29 is 0 Å². The highest BCUT2D eigenvalue weighted by molar-refractivity contribution is 6.94. The Hall–Kier alpha value is -6.21. The van der Waals surface area contributed by atoms with E-state index in [-0.39, 0.29) is 0 Å². The Morgan fingerprint density at radius 1 is 0.375 bits per heavy atom. The summed E-state index contributed by atoms with van der Waals surface area (Å²) in [5, 5.41) is 12.5. The Kier molecular flexibility index (Phi) is 9.17. The largest absolute Gasteiger partial charge is 0.266 e. The number of aromatic nitrogens is 2. The number of hydrogen-bond donors (Lipinski definition) is 0. The third-order valence-electron chi connectivity index (χ3n) is 11.3. The van der Waals surface area contributed by atoms with E-state index in [0.29, 0.717) is 0 Å². The lowest BCUT2D eigenvalue weighted by Gasteiger charge is -2.23. The molecule has 0 saturated carbocycles. The highest BCUT2D eigenvalue weighted by atomic mass is 28.3. The van der Waals surface area contributed by atoms with Gasteiger partial charge < -0.3 is 0 Å². The van der Waals surface area contributed by atoms with Crippen LogP contribution in [0.3, 0.4) is 0 Å². The monoisotopic (exact) mass is 752 g/mol. The Morgan fingerprint density at radius 2 is 0.714 bits per heavy atom. The molecule has 0 bridgehead atoms. The van der Waals surface area contributed by atoms with E-state index in [0.717, 1.165) is 0 Å². The fraction of sp³-hybridized carbons (Fsp3) is 0.0769. The number of fused-ring (bicyclic) bond motifs is 6. The molecule has 7 aromatic carbocycles. The quantitative estimate of drug-likeness (QED) is 0.114. The van der Waals surface area contributed by atoms with Crippen LogP contribution in [0.5, 0.6) is 0 Å². The zero-order valence-electron chi connectivity index (χ0n) is 32.4. The molecule has 2 nitrogen and oxygen atoms in total. The second-order valence-corrected chi connectivity index (χ2v) is 24.4. The van der Waals surface area contributed by atoms with E-state index in [1.807, 2.05) is 24.5 Å². The molecule has 9 aromatic rings. The molecular weight excluding hydrogens is 709 g/mol. The number of nitrogens with zero attached hydrogens (tertiary/aromatic N) is 2. The molecule has 0 aliphatic carbocycles. The van der Waals surface area contributed by atoms with Gasteiger partial charge in [-0.3, -0.25) is 9.97 Å². The maximum atomic E-state index is 4.89. The number of benzene rings is 7. The molecule has 0 aliphatic heterocycles. The van der Waals surface area contributed by atoms with Gasteiger partial charge in [0.15, 0.2) is 0 Å². The van der Waals surface area contributed by atoms with Crippen molar-refractivity contribution >= 4 is 81.0 Å². The average molecular weight is 753 g/mol. The smallest absolute Gasteiger partial charge is 0.128 e. The maximum absolute atomic E-state index is 4.89. The van der Waals surface area contributed by atoms with Crippen molar-refractivity contribution in [1.29, 1.82) is 0 Å². The Morgan fingerprint density at radius 3 is 1.09 bits per heavy atom. The fourth-order valence-electron chi connectivity index (χ4n) is 8.37. The van der Waals surface area contributed by atoms with Gasteiger partial charge in [-0.25, -0.2) is 0 Å². The van der Waals surface area contributed by atoms with E-state index in [2.05, 4.69) is 195 Å². The molecule has 2 heterocycles. The Bertz CT molecular complexity index is 2740. The topological polar surface area (TPSA) is 25.8 Å². The van der Waals surface area contributed by atoms with Gasteiger partial charge in [-0.15, -0.1) is 0 Å². The van der Waals surface area contributed by atoms with Crippen LogP contribution in [0, 0.1) is 0 Å². The number of rotatable bonds is 8. The van der Waals surface area contributed by atoms with Crippen LogP contribution < -0.4 is 10.6 Å². The number of pyridine rings is 2. The van der Waals surface area contributed by atoms with E-state index in [4.69, 9.17) is 9.97 Å².